The maximum absolute atomic E-state index is 14.0. The van der Waals surface area contributed by atoms with Crippen molar-refractivity contribution in [2.45, 2.75) is 33.4 Å². The molecule has 11 heteroatoms. The number of nitro groups is 1. The van der Waals surface area contributed by atoms with E-state index in [9.17, 15) is 19.7 Å². The summed E-state index contributed by atoms with van der Waals surface area (Å²) < 4.78 is 18.9. The predicted octanol–water partition coefficient (Wildman–Crippen LogP) is 5.76. The third-order valence-corrected chi connectivity index (χ3v) is 8.99. The highest BCUT2D eigenvalue weighted by Crippen LogP contribution is 2.34. The number of hydrogen-bond donors (Lipinski definition) is 0. The molecule has 4 aromatic carbocycles. The van der Waals surface area contributed by atoms with Crippen LogP contribution < -0.4 is 24.4 Å². The molecule has 1 aromatic heterocycles. The molecular formula is C36H31N3O7S. The van der Waals surface area contributed by atoms with Gasteiger partial charge in [0.15, 0.2) is 16.3 Å². The van der Waals surface area contributed by atoms with Crippen LogP contribution in [-0.2, 0) is 16.1 Å². The number of aromatic nitrogens is 1. The van der Waals surface area contributed by atoms with E-state index in [4.69, 9.17) is 14.2 Å². The van der Waals surface area contributed by atoms with Gasteiger partial charge in [0.05, 0.1) is 40.5 Å². The van der Waals surface area contributed by atoms with Crippen LogP contribution in [0.15, 0.2) is 99.9 Å². The molecule has 0 saturated heterocycles. The SMILES string of the molecule is CCOC(=O)C1=C(C)N=c2s/c(=C/c3ccc(OCc4cccc5ccccc45)c(OC)c3)c(=O)n2[C@@H]1c1ccc(C)c([N+](=O)[O-])c1. The predicted molar refractivity (Wildman–Crippen MR) is 180 cm³/mol. The Hall–Kier alpha value is -5.55. The minimum atomic E-state index is -0.967. The average molecular weight is 650 g/mol. The van der Waals surface area contributed by atoms with E-state index in [2.05, 4.69) is 23.2 Å². The Balaban J connectivity index is 1.39. The Morgan fingerprint density at radius 2 is 1.83 bits per heavy atom. The number of methoxy groups -OCH3 is 1. The first-order valence-corrected chi connectivity index (χ1v) is 15.7. The first-order chi connectivity index (χ1) is 22.7. The van der Waals surface area contributed by atoms with Crippen LogP contribution in [0.25, 0.3) is 16.8 Å². The highest BCUT2D eigenvalue weighted by atomic mass is 32.1. The molecule has 0 amide bonds. The Morgan fingerprint density at radius 1 is 1.04 bits per heavy atom. The minimum absolute atomic E-state index is 0.114. The van der Waals surface area contributed by atoms with Crippen molar-refractivity contribution >= 4 is 39.8 Å². The van der Waals surface area contributed by atoms with Crippen LogP contribution in [-0.4, -0.2) is 29.2 Å². The topological polar surface area (TPSA) is 122 Å². The second-order valence-electron chi connectivity index (χ2n) is 10.9. The number of fused-ring (bicyclic) bond motifs is 2. The number of carbonyl (C=O) groups is 1. The number of benzene rings is 4. The van der Waals surface area contributed by atoms with E-state index in [-0.39, 0.29) is 17.9 Å². The van der Waals surface area contributed by atoms with Crippen LogP contribution in [0.2, 0.25) is 0 Å². The van der Waals surface area contributed by atoms with E-state index >= 15 is 0 Å². The molecule has 0 radical (unpaired) electrons. The molecule has 0 spiro atoms. The second-order valence-corrected chi connectivity index (χ2v) is 12.0. The third-order valence-electron chi connectivity index (χ3n) is 8.01. The van der Waals surface area contributed by atoms with E-state index in [0.717, 1.165) is 27.7 Å². The molecule has 1 aliphatic rings. The number of allylic oxidation sites excluding steroid dienone is 1. The lowest BCUT2D eigenvalue weighted by Gasteiger charge is -2.24. The van der Waals surface area contributed by atoms with Gasteiger partial charge in [-0.2, -0.15) is 0 Å². The number of nitrogens with zero attached hydrogens (tertiary/aromatic N) is 3. The zero-order valence-corrected chi connectivity index (χ0v) is 27.0. The zero-order chi connectivity index (χ0) is 33.2. The fourth-order valence-electron chi connectivity index (χ4n) is 5.72. The highest BCUT2D eigenvalue weighted by Gasteiger charge is 2.34. The number of esters is 1. The molecule has 0 unspecified atom stereocenters. The number of nitro benzene ring substituents is 1. The maximum Gasteiger partial charge on any atom is 0.338 e. The number of thiazole rings is 1. The van der Waals surface area contributed by atoms with E-state index < -0.39 is 22.5 Å². The first-order valence-electron chi connectivity index (χ1n) is 14.9. The van der Waals surface area contributed by atoms with Crippen molar-refractivity contribution < 1.29 is 23.9 Å². The van der Waals surface area contributed by atoms with E-state index in [0.29, 0.717) is 49.8 Å². The smallest absolute Gasteiger partial charge is 0.338 e. The van der Waals surface area contributed by atoms with Crippen molar-refractivity contribution in [2.75, 3.05) is 13.7 Å². The molecule has 0 saturated carbocycles. The van der Waals surface area contributed by atoms with Crippen LogP contribution >= 0.6 is 11.3 Å². The van der Waals surface area contributed by atoms with Gasteiger partial charge in [-0.1, -0.05) is 72.0 Å². The number of rotatable bonds is 9. The van der Waals surface area contributed by atoms with Gasteiger partial charge in [0, 0.05) is 11.6 Å². The van der Waals surface area contributed by atoms with Crippen LogP contribution in [0.5, 0.6) is 11.5 Å². The number of ether oxygens (including phenoxy) is 3. The summed E-state index contributed by atoms with van der Waals surface area (Å²) in [5, 5.41) is 14.0. The van der Waals surface area contributed by atoms with Crippen LogP contribution in [0.4, 0.5) is 5.69 Å². The van der Waals surface area contributed by atoms with Crippen molar-refractivity contribution in [3.05, 3.63) is 142 Å². The van der Waals surface area contributed by atoms with Crippen LogP contribution in [0.1, 0.15) is 42.1 Å². The molecular weight excluding hydrogens is 618 g/mol. The fraction of sp³-hybridized carbons (Fsp3) is 0.194. The van der Waals surface area contributed by atoms with Gasteiger partial charge in [0.2, 0.25) is 0 Å². The number of carbonyl (C=O) groups excluding carboxylic acids is 1. The molecule has 238 valence electrons. The quantitative estimate of drug-likeness (QED) is 0.113. The van der Waals surface area contributed by atoms with Crippen molar-refractivity contribution in [1.82, 2.24) is 4.57 Å². The van der Waals surface area contributed by atoms with Gasteiger partial charge in [0.25, 0.3) is 11.2 Å². The van der Waals surface area contributed by atoms with Crippen LogP contribution in [0, 0.1) is 17.0 Å². The Morgan fingerprint density at radius 3 is 2.60 bits per heavy atom. The van der Waals surface area contributed by atoms with Crippen LogP contribution in [0.3, 0.4) is 0 Å². The summed E-state index contributed by atoms with van der Waals surface area (Å²) in [4.78, 5) is 43.5. The van der Waals surface area contributed by atoms with E-state index in [1.165, 1.54) is 10.6 Å². The molecule has 47 heavy (non-hydrogen) atoms. The van der Waals surface area contributed by atoms with E-state index in [1.54, 1.807) is 58.2 Å². The minimum Gasteiger partial charge on any atom is -0.493 e. The van der Waals surface area contributed by atoms with Gasteiger partial charge in [-0.3, -0.25) is 19.5 Å². The van der Waals surface area contributed by atoms with Crippen molar-refractivity contribution in [3.8, 4) is 11.5 Å². The van der Waals surface area contributed by atoms with Gasteiger partial charge in [-0.05, 0) is 66.4 Å². The van der Waals surface area contributed by atoms with E-state index in [1.807, 2.05) is 30.3 Å². The summed E-state index contributed by atoms with van der Waals surface area (Å²) >= 11 is 1.16. The van der Waals surface area contributed by atoms with Gasteiger partial charge in [-0.25, -0.2) is 9.79 Å². The van der Waals surface area contributed by atoms with Crippen molar-refractivity contribution in [3.63, 3.8) is 0 Å². The zero-order valence-electron chi connectivity index (χ0n) is 26.2. The first kappa shape index (κ1) is 31.4. The molecule has 0 aliphatic carbocycles. The molecule has 1 aliphatic heterocycles. The number of aryl methyl sites for hydroxylation is 1. The number of hydrogen-bond acceptors (Lipinski definition) is 9. The highest BCUT2D eigenvalue weighted by molar-refractivity contribution is 7.07. The molecule has 1 atom stereocenters. The second kappa shape index (κ2) is 13.1. The summed E-state index contributed by atoms with van der Waals surface area (Å²) in [5.41, 5.74) is 2.61. The van der Waals surface area contributed by atoms with Crippen molar-refractivity contribution in [1.29, 1.82) is 0 Å². The van der Waals surface area contributed by atoms with Gasteiger partial charge in [0.1, 0.15) is 6.61 Å². The molecule has 6 rings (SSSR count). The molecule has 10 nitrogen and oxygen atoms in total. The molecule has 0 bridgehead atoms. The molecule has 0 fully saturated rings. The Labute approximate surface area is 273 Å². The summed E-state index contributed by atoms with van der Waals surface area (Å²) in [6.07, 6.45) is 1.72. The lowest BCUT2D eigenvalue weighted by molar-refractivity contribution is -0.385. The standard InChI is InChI=1S/C36H31N3O7S/c1-5-45-35(41)32-22(3)37-36-38(33(32)25-15-13-21(2)28(19-25)39(42)43)34(40)31(47-36)18-23-14-16-29(30(17-23)44-4)46-20-26-11-8-10-24-9-6-7-12-27(24)26/h6-19,33H,5,20H2,1-4H3/b31-18+/t33-/m1/s1. The summed E-state index contributed by atoms with van der Waals surface area (Å²) in [6, 6.07) is 23.3. The summed E-state index contributed by atoms with van der Waals surface area (Å²) in [7, 11) is 1.55. The van der Waals surface area contributed by atoms with Gasteiger partial charge in [-0.15, -0.1) is 0 Å². The maximum atomic E-state index is 14.0. The average Bonchev–Trinajstić information content (AvgIpc) is 3.37. The Kier molecular flexibility index (Phi) is 8.73. The fourth-order valence-corrected chi connectivity index (χ4v) is 6.77. The monoisotopic (exact) mass is 649 g/mol. The molecule has 2 heterocycles. The molecule has 0 N–H and O–H groups in total. The third kappa shape index (κ3) is 6.05. The lowest BCUT2D eigenvalue weighted by Crippen LogP contribution is -2.40. The largest absolute Gasteiger partial charge is 0.493 e. The van der Waals surface area contributed by atoms with Crippen molar-refractivity contribution in [2.24, 2.45) is 4.99 Å². The normalized spacial score (nSPS) is 14.5. The van der Waals surface area contributed by atoms with Gasteiger partial charge < -0.3 is 14.2 Å². The molecule has 5 aromatic rings. The summed E-state index contributed by atoms with van der Waals surface area (Å²) in [6.45, 7) is 5.44. The lowest BCUT2D eigenvalue weighted by atomic mass is 9.94. The van der Waals surface area contributed by atoms with Gasteiger partial charge >= 0.3 is 5.97 Å². The summed E-state index contributed by atoms with van der Waals surface area (Å²) in [5.74, 6) is 0.409. The Bertz CT molecular complexity index is 2260.